The fourth-order valence-electron chi connectivity index (χ4n) is 3.64. The third kappa shape index (κ3) is 4.44. The third-order valence-corrected chi connectivity index (χ3v) is 4.82. The molecule has 3 heteroatoms. The fourth-order valence-corrected chi connectivity index (χ4v) is 3.64. The molecule has 0 radical (unpaired) electrons. The van der Waals surface area contributed by atoms with Gasteiger partial charge in [0.05, 0.1) is 6.61 Å². The van der Waals surface area contributed by atoms with Crippen LogP contribution in [0.2, 0.25) is 0 Å². The Labute approximate surface area is 119 Å². The summed E-state index contributed by atoms with van der Waals surface area (Å²) in [6.07, 6.45) is 7.93. The molecule has 2 saturated heterocycles. The van der Waals surface area contributed by atoms with Crippen molar-refractivity contribution >= 4 is 0 Å². The standard InChI is InChI=1S/C16H32N2O/c1-3-9-17-16-8-11-19-13-14(16)12-18-10-6-5-7-15(18)4-2/h14-17H,3-13H2,1-2H3. The summed E-state index contributed by atoms with van der Waals surface area (Å²) in [5, 5.41) is 3.74. The molecular formula is C16H32N2O. The van der Waals surface area contributed by atoms with Gasteiger partial charge in [-0.2, -0.15) is 0 Å². The molecule has 3 nitrogen and oxygen atoms in total. The molecule has 2 aliphatic heterocycles. The zero-order valence-corrected chi connectivity index (χ0v) is 12.9. The molecule has 19 heavy (non-hydrogen) atoms. The van der Waals surface area contributed by atoms with Crippen LogP contribution < -0.4 is 5.32 Å². The van der Waals surface area contributed by atoms with Gasteiger partial charge in [0.1, 0.15) is 0 Å². The lowest BCUT2D eigenvalue weighted by atomic mass is 9.92. The van der Waals surface area contributed by atoms with Crippen LogP contribution in [0.1, 0.15) is 52.4 Å². The van der Waals surface area contributed by atoms with Crippen molar-refractivity contribution in [3.8, 4) is 0 Å². The summed E-state index contributed by atoms with van der Waals surface area (Å²) >= 11 is 0. The summed E-state index contributed by atoms with van der Waals surface area (Å²) in [7, 11) is 0. The molecule has 0 aromatic heterocycles. The molecule has 0 bridgehead atoms. The van der Waals surface area contributed by atoms with E-state index in [1.807, 2.05) is 0 Å². The molecule has 0 saturated carbocycles. The Kier molecular flexibility index (Phi) is 6.62. The van der Waals surface area contributed by atoms with Gasteiger partial charge in [0.25, 0.3) is 0 Å². The maximum Gasteiger partial charge on any atom is 0.0521 e. The first-order valence-electron chi connectivity index (χ1n) is 8.40. The van der Waals surface area contributed by atoms with E-state index < -0.39 is 0 Å². The lowest BCUT2D eigenvalue weighted by Gasteiger charge is -2.41. The second kappa shape index (κ2) is 8.23. The van der Waals surface area contributed by atoms with E-state index in [2.05, 4.69) is 24.1 Å². The van der Waals surface area contributed by atoms with Crippen molar-refractivity contribution in [3.63, 3.8) is 0 Å². The predicted octanol–water partition coefficient (Wildman–Crippen LogP) is 2.66. The molecule has 0 amide bonds. The van der Waals surface area contributed by atoms with Crippen LogP contribution in [0.3, 0.4) is 0 Å². The quantitative estimate of drug-likeness (QED) is 0.801. The van der Waals surface area contributed by atoms with Gasteiger partial charge in [0, 0.05) is 31.2 Å². The fraction of sp³-hybridized carbons (Fsp3) is 1.00. The van der Waals surface area contributed by atoms with Gasteiger partial charge in [-0.15, -0.1) is 0 Å². The molecular weight excluding hydrogens is 236 g/mol. The maximum atomic E-state index is 5.74. The highest BCUT2D eigenvalue weighted by atomic mass is 16.5. The molecule has 3 atom stereocenters. The molecule has 2 rings (SSSR count). The SMILES string of the molecule is CCCNC1CCOCC1CN1CCCCC1CC. The predicted molar refractivity (Wildman–Crippen MR) is 80.5 cm³/mol. The van der Waals surface area contributed by atoms with E-state index in [0.29, 0.717) is 12.0 Å². The van der Waals surface area contributed by atoms with Crippen LogP contribution in [-0.4, -0.2) is 49.8 Å². The van der Waals surface area contributed by atoms with Crippen molar-refractivity contribution in [1.82, 2.24) is 10.2 Å². The smallest absolute Gasteiger partial charge is 0.0521 e. The molecule has 0 aromatic rings. The van der Waals surface area contributed by atoms with Crippen LogP contribution in [0.15, 0.2) is 0 Å². The number of hydrogen-bond acceptors (Lipinski definition) is 3. The van der Waals surface area contributed by atoms with Gasteiger partial charge in [-0.1, -0.05) is 20.3 Å². The highest BCUT2D eigenvalue weighted by molar-refractivity contribution is 4.85. The lowest BCUT2D eigenvalue weighted by molar-refractivity contribution is 0.00434. The van der Waals surface area contributed by atoms with Crippen LogP contribution in [0.25, 0.3) is 0 Å². The maximum absolute atomic E-state index is 5.74. The molecule has 3 unspecified atom stereocenters. The molecule has 1 N–H and O–H groups in total. The zero-order chi connectivity index (χ0) is 13.5. The Morgan fingerprint density at radius 2 is 2.11 bits per heavy atom. The number of hydrogen-bond donors (Lipinski definition) is 1. The van der Waals surface area contributed by atoms with E-state index in [-0.39, 0.29) is 0 Å². The first-order valence-corrected chi connectivity index (χ1v) is 8.40. The van der Waals surface area contributed by atoms with E-state index in [1.54, 1.807) is 0 Å². The molecule has 112 valence electrons. The molecule has 2 fully saturated rings. The topological polar surface area (TPSA) is 24.5 Å². The minimum Gasteiger partial charge on any atom is -0.381 e. The highest BCUT2D eigenvalue weighted by Crippen LogP contribution is 2.23. The monoisotopic (exact) mass is 268 g/mol. The van der Waals surface area contributed by atoms with E-state index in [1.165, 1.54) is 51.6 Å². The summed E-state index contributed by atoms with van der Waals surface area (Å²) in [6, 6.07) is 1.50. The molecule has 0 aromatic carbocycles. The molecule has 0 spiro atoms. The average molecular weight is 268 g/mol. The summed E-state index contributed by atoms with van der Waals surface area (Å²) in [6.45, 7) is 10.2. The first kappa shape index (κ1) is 15.3. The second-order valence-electron chi connectivity index (χ2n) is 6.24. The number of nitrogens with one attached hydrogen (secondary N) is 1. The number of piperidine rings is 1. The minimum atomic E-state index is 0.674. The third-order valence-electron chi connectivity index (χ3n) is 4.82. The van der Waals surface area contributed by atoms with Crippen molar-refractivity contribution in [1.29, 1.82) is 0 Å². The van der Waals surface area contributed by atoms with Gasteiger partial charge in [-0.3, -0.25) is 4.90 Å². The van der Waals surface area contributed by atoms with Gasteiger partial charge in [-0.25, -0.2) is 0 Å². The van der Waals surface area contributed by atoms with Crippen LogP contribution in [0, 0.1) is 5.92 Å². The molecule has 0 aliphatic carbocycles. The van der Waals surface area contributed by atoms with E-state index >= 15 is 0 Å². The van der Waals surface area contributed by atoms with Crippen molar-refractivity contribution < 1.29 is 4.74 Å². The van der Waals surface area contributed by atoms with Gasteiger partial charge in [-0.05, 0) is 45.2 Å². The van der Waals surface area contributed by atoms with Crippen molar-refractivity contribution in [2.45, 2.75) is 64.5 Å². The number of rotatable bonds is 6. The Hall–Kier alpha value is -0.120. The van der Waals surface area contributed by atoms with Gasteiger partial charge in [0.2, 0.25) is 0 Å². The Morgan fingerprint density at radius 1 is 1.21 bits per heavy atom. The molecule has 2 aliphatic rings. The van der Waals surface area contributed by atoms with Crippen LogP contribution >= 0.6 is 0 Å². The number of ether oxygens (including phenoxy) is 1. The van der Waals surface area contributed by atoms with Gasteiger partial charge in [0.15, 0.2) is 0 Å². The summed E-state index contributed by atoms with van der Waals surface area (Å²) in [5.74, 6) is 0.687. The van der Waals surface area contributed by atoms with Crippen molar-refractivity contribution in [2.75, 3.05) is 32.8 Å². The summed E-state index contributed by atoms with van der Waals surface area (Å²) < 4.78 is 5.74. The Balaban J connectivity index is 1.86. The largest absolute Gasteiger partial charge is 0.381 e. The summed E-state index contributed by atoms with van der Waals surface area (Å²) in [5.41, 5.74) is 0. The van der Waals surface area contributed by atoms with Crippen molar-refractivity contribution in [2.24, 2.45) is 5.92 Å². The first-order chi connectivity index (χ1) is 9.35. The van der Waals surface area contributed by atoms with Crippen LogP contribution in [-0.2, 0) is 4.74 Å². The summed E-state index contributed by atoms with van der Waals surface area (Å²) in [4.78, 5) is 2.74. The van der Waals surface area contributed by atoms with E-state index in [9.17, 15) is 0 Å². The van der Waals surface area contributed by atoms with Gasteiger partial charge < -0.3 is 10.1 Å². The number of likely N-dealkylation sites (tertiary alicyclic amines) is 1. The second-order valence-corrected chi connectivity index (χ2v) is 6.24. The van der Waals surface area contributed by atoms with Crippen molar-refractivity contribution in [3.05, 3.63) is 0 Å². The zero-order valence-electron chi connectivity index (χ0n) is 12.9. The van der Waals surface area contributed by atoms with E-state index in [4.69, 9.17) is 4.74 Å². The number of nitrogens with zero attached hydrogens (tertiary/aromatic N) is 1. The Morgan fingerprint density at radius 3 is 2.89 bits per heavy atom. The average Bonchev–Trinajstić information content (AvgIpc) is 2.47. The van der Waals surface area contributed by atoms with E-state index in [0.717, 1.165) is 25.8 Å². The Bertz CT molecular complexity index is 247. The lowest BCUT2D eigenvalue weighted by Crippen LogP contribution is -2.51. The highest BCUT2D eigenvalue weighted by Gasteiger charge is 2.30. The molecule has 2 heterocycles. The minimum absolute atomic E-state index is 0.674. The van der Waals surface area contributed by atoms with Crippen LogP contribution in [0.5, 0.6) is 0 Å². The van der Waals surface area contributed by atoms with Gasteiger partial charge >= 0.3 is 0 Å². The van der Waals surface area contributed by atoms with Crippen LogP contribution in [0.4, 0.5) is 0 Å². The normalized spacial score (nSPS) is 33.5.